The first-order chi connectivity index (χ1) is 11.2. The summed E-state index contributed by atoms with van der Waals surface area (Å²) in [5.41, 5.74) is 2.90. The summed E-state index contributed by atoms with van der Waals surface area (Å²) in [7, 11) is 1.83. The summed E-state index contributed by atoms with van der Waals surface area (Å²) in [5.74, 6) is -0.594. The molecule has 0 N–H and O–H groups in total. The highest BCUT2D eigenvalue weighted by atomic mass is 16.2. The topological polar surface area (TPSA) is 55.2 Å². The Hall–Kier alpha value is -3.21. The maximum atomic E-state index is 12.7. The Morgan fingerprint density at radius 1 is 0.783 bits per heavy atom. The summed E-state index contributed by atoms with van der Waals surface area (Å²) in [6.07, 6.45) is 1.83. The van der Waals surface area contributed by atoms with Crippen LogP contribution in [0.1, 0.15) is 20.7 Å². The first-order valence-electron chi connectivity index (χ1n) is 7.23. The highest BCUT2D eigenvalue weighted by Crippen LogP contribution is 2.35. The number of benzene rings is 2. The van der Waals surface area contributed by atoms with Crippen LogP contribution in [0, 0.1) is 0 Å². The van der Waals surface area contributed by atoms with Gasteiger partial charge in [0, 0.05) is 18.8 Å². The van der Waals surface area contributed by atoms with Crippen molar-refractivity contribution in [2.24, 2.45) is 7.05 Å². The summed E-state index contributed by atoms with van der Waals surface area (Å²) >= 11 is 0. The van der Waals surface area contributed by atoms with E-state index >= 15 is 0 Å². The van der Waals surface area contributed by atoms with Crippen molar-refractivity contribution in [3.8, 4) is 11.3 Å². The second-order valence-electron chi connectivity index (χ2n) is 5.38. The lowest BCUT2D eigenvalue weighted by molar-refractivity contribution is 0.0926. The standard InChI is InChI=1S/C18H13N3O2/c1-20-11-10-15(19-20)14-8-4-5-9-16(14)21-17(22)12-6-2-3-7-13(12)18(21)23/h2-11H,1H3. The summed E-state index contributed by atoms with van der Waals surface area (Å²) in [4.78, 5) is 26.6. The molecule has 2 heterocycles. The molecule has 112 valence electrons. The van der Waals surface area contributed by atoms with Crippen molar-refractivity contribution >= 4 is 17.5 Å². The maximum Gasteiger partial charge on any atom is 0.266 e. The van der Waals surface area contributed by atoms with Gasteiger partial charge in [-0.1, -0.05) is 30.3 Å². The van der Waals surface area contributed by atoms with Crippen molar-refractivity contribution in [3.63, 3.8) is 0 Å². The smallest absolute Gasteiger partial charge is 0.266 e. The molecular weight excluding hydrogens is 290 g/mol. The zero-order valence-corrected chi connectivity index (χ0v) is 12.4. The molecule has 0 unspecified atom stereocenters. The molecule has 1 aromatic heterocycles. The Labute approximate surface area is 132 Å². The van der Waals surface area contributed by atoms with Crippen LogP contribution in [0.2, 0.25) is 0 Å². The third-order valence-electron chi connectivity index (χ3n) is 3.93. The van der Waals surface area contributed by atoms with Crippen LogP contribution in [0.5, 0.6) is 0 Å². The largest absolute Gasteiger partial charge is 0.275 e. The number of aryl methyl sites for hydroxylation is 1. The average molecular weight is 303 g/mol. The van der Waals surface area contributed by atoms with Crippen LogP contribution in [0.3, 0.4) is 0 Å². The number of carbonyl (C=O) groups is 2. The molecule has 0 atom stereocenters. The molecule has 4 rings (SSSR count). The van der Waals surface area contributed by atoms with Crippen molar-refractivity contribution < 1.29 is 9.59 Å². The van der Waals surface area contributed by atoms with Gasteiger partial charge in [-0.25, -0.2) is 4.90 Å². The van der Waals surface area contributed by atoms with E-state index in [0.29, 0.717) is 16.8 Å². The zero-order valence-electron chi connectivity index (χ0n) is 12.4. The molecule has 5 nitrogen and oxygen atoms in total. The van der Waals surface area contributed by atoms with Crippen LogP contribution in [0.25, 0.3) is 11.3 Å². The van der Waals surface area contributed by atoms with E-state index in [0.717, 1.165) is 11.3 Å². The van der Waals surface area contributed by atoms with E-state index in [4.69, 9.17) is 0 Å². The lowest BCUT2D eigenvalue weighted by atomic mass is 10.1. The van der Waals surface area contributed by atoms with E-state index < -0.39 is 0 Å². The number of nitrogens with zero attached hydrogens (tertiary/aromatic N) is 3. The minimum Gasteiger partial charge on any atom is -0.275 e. The Morgan fingerprint density at radius 3 is 1.91 bits per heavy atom. The lowest BCUT2D eigenvalue weighted by Crippen LogP contribution is -2.29. The molecule has 0 radical (unpaired) electrons. The van der Waals surface area contributed by atoms with Gasteiger partial charge in [-0.3, -0.25) is 14.3 Å². The van der Waals surface area contributed by atoms with E-state index in [1.807, 2.05) is 37.5 Å². The molecule has 2 aromatic carbocycles. The van der Waals surface area contributed by atoms with Crippen molar-refractivity contribution in [1.82, 2.24) is 9.78 Å². The molecule has 0 bridgehead atoms. The number of rotatable bonds is 2. The number of hydrogen-bond acceptors (Lipinski definition) is 3. The zero-order chi connectivity index (χ0) is 16.0. The quantitative estimate of drug-likeness (QED) is 0.684. The summed E-state index contributed by atoms with van der Waals surface area (Å²) in [5, 5.41) is 4.38. The van der Waals surface area contributed by atoms with Gasteiger partial charge < -0.3 is 0 Å². The predicted octanol–water partition coefficient (Wildman–Crippen LogP) is 2.89. The van der Waals surface area contributed by atoms with Gasteiger partial charge >= 0.3 is 0 Å². The second kappa shape index (κ2) is 4.91. The number of imide groups is 1. The minimum absolute atomic E-state index is 0.297. The van der Waals surface area contributed by atoms with Crippen LogP contribution in [-0.2, 0) is 7.05 Å². The first-order valence-corrected chi connectivity index (χ1v) is 7.23. The van der Waals surface area contributed by atoms with E-state index in [1.54, 1.807) is 35.0 Å². The van der Waals surface area contributed by atoms with Crippen molar-refractivity contribution in [1.29, 1.82) is 0 Å². The summed E-state index contributed by atoms with van der Waals surface area (Å²) in [6, 6.07) is 16.1. The van der Waals surface area contributed by atoms with Gasteiger partial charge in [0.15, 0.2) is 0 Å². The van der Waals surface area contributed by atoms with Crippen molar-refractivity contribution in [2.45, 2.75) is 0 Å². The van der Waals surface area contributed by atoms with Gasteiger partial charge in [-0.05, 0) is 24.3 Å². The van der Waals surface area contributed by atoms with Crippen LogP contribution in [0.15, 0.2) is 60.8 Å². The third kappa shape index (κ3) is 1.97. The molecular formula is C18H13N3O2. The third-order valence-corrected chi connectivity index (χ3v) is 3.93. The maximum absolute atomic E-state index is 12.7. The Balaban J connectivity index is 1.87. The van der Waals surface area contributed by atoms with E-state index in [2.05, 4.69) is 5.10 Å². The fourth-order valence-electron chi connectivity index (χ4n) is 2.85. The van der Waals surface area contributed by atoms with Gasteiger partial charge in [0.05, 0.1) is 22.5 Å². The van der Waals surface area contributed by atoms with Crippen LogP contribution >= 0.6 is 0 Å². The predicted molar refractivity (Wildman–Crippen MR) is 86.2 cm³/mol. The lowest BCUT2D eigenvalue weighted by Gasteiger charge is -2.17. The van der Waals surface area contributed by atoms with E-state index in [-0.39, 0.29) is 11.8 Å². The van der Waals surface area contributed by atoms with Gasteiger partial charge in [0.2, 0.25) is 0 Å². The number of para-hydroxylation sites is 1. The summed E-state index contributed by atoms with van der Waals surface area (Å²) < 4.78 is 1.69. The normalized spacial score (nSPS) is 13.5. The monoisotopic (exact) mass is 303 g/mol. The van der Waals surface area contributed by atoms with Crippen LogP contribution in [-0.4, -0.2) is 21.6 Å². The molecule has 1 aliphatic rings. The first kappa shape index (κ1) is 13.5. The van der Waals surface area contributed by atoms with Crippen molar-refractivity contribution in [2.75, 3.05) is 4.90 Å². The fourth-order valence-corrected chi connectivity index (χ4v) is 2.85. The highest BCUT2D eigenvalue weighted by molar-refractivity contribution is 6.35. The molecule has 5 heteroatoms. The van der Waals surface area contributed by atoms with E-state index in [9.17, 15) is 9.59 Å². The Morgan fingerprint density at radius 2 is 1.35 bits per heavy atom. The molecule has 0 fully saturated rings. The molecule has 2 amide bonds. The molecule has 23 heavy (non-hydrogen) atoms. The van der Waals surface area contributed by atoms with Gasteiger partial charge in [0.25, 0.3) is 11.8 Å². The molecule has 0 saturated carbocycles. The number of carbonyl (C=O) groups excluding carboxylic acids is 2. The Bertz CT molecular complexity index is 908. The molecule has 1 aliphatic heterocycles. The number of hydrogen-bond donors (Lipinski definition) is 0. The Kier molecular flexibility index (Phi) is 2.87. The SMILES string of the molecule is Cn1ccc(-c2ccccc2N2C(=O)c3ccccc3C2=O)n1. The number of anilines is 1. The van der Waals surface area contributed by atoms with Crippen LogP contribution in [0.4, 0.5) is 5.69 Å². The highest BCUT2D eigenvalue weighted by Gasteiger charge is 2.37. The number of fused-ring (bicyclic) bond motifs is 1. The van der Waals surface area contributed by atoms with Crippen molar-refractivity contribution in [3.05, 3.63) is 71.9 Å². The molecule has 0 spiro atoms. The molecule has 0 saturated heterocycles. The van der Waals surface area contributed by atoms with Gasteiger partial charge in [0.1, 0.15) is 0 Å². The van der Waals surface area contributed by atoms with Gasteiger partial charge in [-0.2, -0.15) is 5.10 Å². The summed E-state index contributed by atoms with van der Waals surface area (Å²) in [6.45, 7) is 0. The average Bonchev–Trinajstić information content (AvgIpc) is 3.11. The number of amides is 2. The molecule has 3 aromatic rings. The van der Waals surface area contributed by atoms with E-state index in [1.165, 1.54) is 4.90 Å². The van der Waals surface area contributed by atoms with Crippen LogP contribution < -0.4 is 4.90 Å². The molecule has 0 aliphatic carbocycles. The fraction of sp³-hybridized carbons (Fsp3) is 0.0556. The second-order valence-corrected chi connectivity index (χ2v) is 5.38. The minimum atomic E-state index is -0.297. The van der Waals surface area contributed by atoms with Gasteiger partial charge in [-0.15, -0.1) is 0 Å². The number of aromatic nitrogens is 2.